The van der Waals surface area contributed by atoms with Crippen LogP contribution >= 0.6 is 24.0 Å². The summed E-state index contributed by atoms with van der Waals surface area (Å²) in [6.07, 6.45) is 5.30. The molecule has 0 radical (unpaired) electrons. The molecular formula is C17H21N5O2S2. The number of allylic oxidation sites excluding steroid dienone is 1. The molecule has 3 heterocycles. The van der Waals surface area contributed by atoms with Crippen LogP contribution < -0.4 is 0 Å². The molecule has 1 aliphatic heterocycles. The summed E-state index contributed by atoms with van der Waals surface area (Å²) in [7, 11) is 1.43. The van der Waals surface area contributed by atoms with Gasteiger partial charge in [0.15, 0.2) is 10.6 Å². The van der Waals surface area contributed by atoms with Gasteiger partial charge in [-0.1, -0.05) is 6.08 Å². The second-order valence-electron chi connectivity index (χ2n) is 5.85. The number of hydrogen-bond acceptors (Lipinski definition) is 7. The van der Waals surface area contributed by atoms with Crippen LogP contribution in [0, 0.1) is 4.77 Å². The fourth-order valence-electron chi connectivity index (χ4n) is 2.83. The molecule has 9 heteroatoms. The highest BCUT2D eigenvalue weighted by Crippen LogP contribution is 2.21. The number of carbonyl (C=O) groups is 1. The van der Waals surface area contributed by atoms with Gasteiger partial charge in [0.05, 0.1) is 13.8 Å². The van der Waals surface area contributed by atoms with E-state index in [1.807, 2.05) is 16.7 Å². The minimum atomic E-state index is -0.184. The lowest BCUT2D eigenvalue weighted by molar-refractivity contribution is -0.140. The van der Waals surface area contributed by atoms with E-state index in [2.05, 4.69) is 16.5 Å². The quantitative estimate of drug-likeness (QED) is 0.425. The van der Waals surface area contributed by atoms with Crippen LogP contribution in [0.4, 0.5) is 0 Å². The number of ether oxygens (including phenoxy) is 1. The van der Waals surface area contributed by atoms with Crippen molar-refractivity contribution < 1.29 is 9.53 Å². The molecule has 2 aromatic rings. The molecule has 0 amide bonds. The maximum Gasteiger partial charge on any atom is 0.320 e. The first-order chi connectivity index (χ1) is 12.6. The van der Waals surface area contributed by atoms with Crippen molar-refractivity contribution in [1.29, 1.82) is 0 Å². The Morgan fingerprint density at radius 3 is 3.12 bits per heavy atom. The Labute approximate surface area is 161 Å². The van der Waals surface area contributed by atoms with Crippen LogP contribution in [0.5, 0.6) is 0 Å². The first kappa shape index (κ1) is 18.8. The van der Waals surface area contributed by atoms with E-state index in [0.29, 0.717) is 24.5 Å². The van der Waals surface area contributed by atoms with E-state index < -0.39 is 0 Å². The minimum Gasteiger partial charge on any atom is -0.468 e. The van der Waals surface area contributed by atoms with Crippen LogP contribution in [0.15, 0.2) is 37.2 Å². The van der Waals surface area contributed by atoms with Crippen molar-refractivity contribution in [3.63, 3.8) is 0 Å². The summed E-state index contributed by atoms with van der Waals surface area (Å²) in [5.41, 5.74) is 0.904. The van der Waals surface area contributed by atoms with Gasteiger partial charge in [0.1, 0.15) is 5.25 Å². The number of esters is 1. The number of rotatable bonds is 6. The lowest BCUT2D eigenvalue weighted by Crippen LogP contribution is -2.42. The fourth-order valence-corrected chi connectivity index (χ4v) is 4.29. The Balaban J connectivity index is 1.85. The summed E-state index contributed by atoms with van der Waals surface area (Å²) in [6.45, 7) is 6.41. The Morgan fingerprint density at radius 1 is 1.58 bits per heavy atom. The average molecular weight is 392 g/mol. The highest BCUT2D eigenvalue weighted by atomic mass is 32.2. The molecule has 1 aliphatic rings. The molecule has 2 aromatic heterocycles. The molecular weight excluding hydrogens is 370 g/mol. The summed E-state index contributed by atoms with van der Waals surface area (Å²) < 4.78 is 9.23. The lowest BCUT2D eigenvalue weighted by Gasteiger charge is -2.30. The van der Waals surface area contributed by atoms with Crippen molar-refractivity contribution in [2.75, 3.05) is 26.0 Å². The highest BCUT2D eigenvalue weighted by Gasteiger charge is 2.27. The molecule has 0 aliphatic carbocycles. The maximum absolute atomic E-state index is 11.8. The number of aromatic nitrogens is 4. The van der Waals surface area contributed by atoms with Crippen LogP contribution in [-0.4, -0.2) is 61.4 Å². The van der Waals surface area contributed by atoms with Gasteiger partial charge in [0.2, 0.25) is 0 Å². The predicted octanol–water partition coefficient (Wildman–Crippen LogP) is 2.21. The van der Waals surface area contributed by atoms with Crippen molar-refractivity contribution in [3.05, 3.63) is 42.0 Å². The summed E-state index contributed by atoms with van der Waals surface area (Å²) >= 11 is 7.25. The van der Waals surface area contributed by atoms with Crippen molar-refractivity contribution in [2.24, 2.45) is 0 Å². The summed E-state index contributed by atoms with van der Waals surface area (Å²) in [5, 5.41) is 4.54. The first-order valence-corrected chi connectivity index (χ1v) is 9.70. The lowest BCUT2D eigenvalue weighted by atomic mass is 10.3. The van der Waals surface area contributed by atoms with Gasteiger partial charge in [-0.3, -0.25) is 19.2 Å². The Kier molecular flexibility index (Phi) is 6.23. The molecule has 3 rings (SSSR count). The molecule has 138 valence electrons. The largest absolute Gasteiger partial charge is 0.468 e. The molecule has 0 spiro atoms. The molecule has 0 aromatic carbocycles. The zero-order valence-corrected chi connectivity index (χ0v) is 16.2. The van der Waals surface area contributed by atoms with E-state index in [9.17, 15) is 4.79 Å². The SMILES string of the molecule is C=CCn1c(-c2cccnc2)nn(CN2CCS[C@H](C(=O)OC)C2)c1=S. The van der Waals surface area contributed by atoms with Crippen LogP contribution in [-0.2, 0) is 22.7 Å². The zero-order valence-electron chi connectivity index (χ0n) is 14.6. The van der Waals surface area contributed by atoms with Crippen molar-refractivity contribution in [3.8, 4) is 11.4 Å². The third kappa shape index (κ3) is 4.05. The van der Waals surface area contributed by atoms with E-state index in [0.717, 1.165) is 23.7 Å². The zero-order chi connectivity index (χ0) is 18.5. The normalized spacial score (nSPS) is 17.8. The average Bonchev–Trinajstić information content (AvgIpc) is 2.98. The molecule has 1 saturated heterocycles. The minimum absolute atomic E-state index is 0.170. The van der Waals surface area contributed by atoms with Gasteiger partial charge < -0.3 is 4.74 Å². The number of thioether (sulfide) groups is 1. The van der Waals surface area contributed by atoms with Crippen molar-refractivity contribution >= 4 is 29.9 Å². The monoisotopic (exact) mass is 391 g/mol. The number of methoxy groups -OCH3 is 1. The highest BCUT2D eigenvalue weighted by molar-refractivity contribution is 8.00. The number of carbonyl (C=O) groups excluding carboxylic acids is 1. The van der Waals surface area contributed by atoms with E-state index in [4.69, 9.17) is 22.1 Å². The molecule has 1 atom stereocenters. The second-order valence-corrected chi connectivity index (χ2v) is 7.52. The Bertz CT molecular complexity index is 833. The standard InChI is InChI=1S/C17H21N5O2S2/c1-3-7-21-15(13-5-4-6-18-10-13)19-22(17(21)25)12-20-8-9-26-14(11-20)16(23)24-2/h3-6,10,14H,1,7-9,11-12H2,2H3/t14-/m0/s1. The van der Waals surface area contributed by atoms with Gasteiger partial charge in [-0.2, -0.15) is 5.10 Å². The third-order valence-corrected chi connectivity index (χ3v) is 5.70. The van der Waals surface area contributed by atoms with Crippen LogP contribution in [0.1, 0.15) is 0 Å². The molecule has 0 saturated carbocycles. The number of pyridine rings is 1. The second kappa shape index (κ2) is 8.61. The fraction of sp³-hybridized carbons (Fsp3) is 0.412. The number of nitrogens with zero attached hydrogens (tertiary/aromatic N) is 5. The number of hydrogen-bond donors (Lipinski definition) is 0. The predicted molar refractivity (Wildman–Crippen MR) is 104 cm³/mol. The van der Waals surface area contributed by atoms with Gasteiger partial charge in [0, 0.05) is 43.3 Å². The molecule has 0 unspecified atom stereocenters. The van der Waals surface area contributed by atoms with E-state index >= 15 is 0 Å². The van der Waals surface area contributed by atoms with Gasteiger partial charge >= 0.3 is 5.97 Å². The first-order valence-electron chi connectivity index (χ1n) is 8.24. The van der Waals surface area contributed by atoms with Gasteiger partial charge in [-0.25, -0.2) is 4.68 Å². The van der Waals surface area contributed by atoms with Crippen LogP contribution in [0.3, 0.4) is 0 Å². The molecule has 0 N–H and O–H groups in total. The maximum atomic E-state index is 11.8. The van der Waals surface area contributed by atoms with E-state index in [1.165, 1.54) is 7.11 Å². The van der Waals surface area contributed by atoms with E-state index in [-0.39, 0.29) is 11.2 Å². The van der Waals surface area contributed by atoms with Crippen molar-refractivity contribution in [2.45, 2.75) is 18.5 Å². The van der Waals surface area contributed by atoms with Gasteiger partial charge in [0.25, 0.3) is 0 Å². The van der Waals surface area contributed by atoms with Crippen LogP contribution in [0.2, 0.25) is 0 Å². The summed E-state index contributed by atoms with van der Waals surface area (Å²) in [5.74, 6) is 1.45. The Morgan fingerprint density at radius 2 is 2.42 bits per heavy atom. The molecule has 1 fully saturated rings. The van der Waals surface area contributed by atoms with Crippen LogP contribution in [0.25, 0.3) is 11.4 Å². The van der Waals surface area contributed by atoms with E-state index in [1.54, 1.807) is 34.9 Å². The van der Waals surface area contributed by atoms with Gasteiger partial charge in [-0.15, -0.1) is 18.3 Å². The van der Waals surface area contributed by atoms with Crippen molar-refractivity contribution in [1.82, 2.24) is 24.2 Å². The van der Waals surface area contributed by atoms with Gasteiger partial charge in [-0.05, 0) is 24.4 Å². The summed E-state index contributed by atoms with van der Waals surface area (Å²) in [6, 6.07) is 3.83. The molecule has 7 nitrogen and oxygen atoms in total. The topological polar surface area (TPSA) is 65.2 Å². The molecule has 0 bridgehead atoms. The third-order valence-electron chi connectivity index (χ3n) is 4.10. The molecule has 26 heavy (non-hydrogen) atoms. The Hall–Kier alpha value is -1.97. The summed E-state index contributed by atoms with van der Waals surface area (Å²) in [4.78, 5) is 18.2. The smallest absolute Gasteiger partial charge is 0.320 e.